The van der Waals surface area contributed by atoms with E-state index in [0.29, 0.717) is 37.2 Å². The third kappa shape index (κ3) is 4.23. The van der Waals surface area contributed by atoms with Crippen molar-refractivity contribution in [3.63, 3.8) is 0 Å². The third-order valence-corrected chi connectivity index (χ3v) is 5.28. The molecule has 22 heavy (non-hydrogen) atoms. The van der Waals surface area contributed by atoms with Crippen molar-refractivity contribution in [2.45, 2.75) is 71.5 Å². The van der Waals surface area contributed by atoms with Crippen molar-refractivity contribution < 1.29 is 14.3 Å². The Morgan fingerprint density at radius 2 is 2.14 bits per heavy atom. The fraction of sp³-hybridized carbons (Fsp3) is 0.889. The minimum atomic E-state index is -0.182. The van der Waals surface area contributed by atoms with Crippen molar-refractivity contribution in [1.29, 1.82) is 5.26 Å². The van der Waals surface area contributed by atoms with E-state index in [0.717, 1.165) is 19.3 Å². The Balaban J connectivity index is 1.95. The second-order valence-electron chi connectivity index (χ2n) is 7.30. The monoisotopic (exact) mass is 307 g/mol. The van der Waals surface area contributed by atoms with Crippen molar-refractivity contribution in [2.24, 2.45) is 23.7 Å². The highest BCUT2D eigenvalue weighted by atomic mass is 16.6. The topological polar surface area (TPSA) is 59.3 Å². The second-order valence-corrected chi connectivity index (χ2v) is 7.30. The average Bonchev–Trinajstić information content (AvgIpc) is 2.93. The third-order valence-electron chi connectivity index (χ3n) is 5.28. The predicted molar refractivity (Wildman–Crippen MR) is 83.9 cm³/mol. The van der Waals surface area contributed by atoms with E-state index in [2.05, 4.69) is 26.8 Å². The zero-order chi connectivity index (χ0) is 16.1. The molecule has 0 aromatic rings. The van der Waals surface area contributed by atoms with E-state index in [1.807, 2.05) is 0 Å². The van der Waals surface area contributed by atoms with E-state index >= 15 is 0 Å². The summed E-state index contributed by atoms with van der Waals surface area (Å²) in [6, 6.07) is 2.13. The maximum atomic E-state index is 12.6. The lowest BCUT2D eigenvalue weighted by atomic mass is 9.75. The van der Waals surface area contributed by atoms with Crippen LogP contribution in [0.3, 0.4) is 0 Å². The zero-order valence-electron chi connectivity index (χ0n) is 14.1. The Kier molecular flexibility index (Phi) is 6.26. The Hall–Kier alpha value is -1.08. The number of rotatable bonds is 5. The van der Waals surface area contributed by atoms with Crippen LogP contribution in [0.4, 0.5) is 0 Å². The van der Waals surface area contributed by atoms with Gasteiger partial charge in [-0.3, -0.25) is 4.79 Å². The van der Waals surface area contributed by atoms with Crippen LogP contribution in [0.25, 0.3) is 0 Å². The van der Waals surface area contributed by atoms with Gasteiger partial charge in [0.25, 0.3) is 0 Å². The molecule has 0 N–H and O–H groups in total. The van der Waals surface area contributed by atoms with E-state index in [1.54, 1.807) is 0 Å². The molecule has 0 bridgehead atoms. The molecule has 0 spiro atoms. The van der Waals surface area contributed by atoms with Crippen LogP contribution in [0, 0.1) is 35.0 Å². The quantitative estimate of drug-likeness (QED) is 0.727. The largest absolute Gasteiger partial charge is 0.462 e. The Morgan fingerprint density at radius 3 is 2.82 bits per heavy atom. The standard InChI is InChI=1S/C18H29NO3/c1-12(2)14-7-6-13(3)11-17(14)22-18(20)15-8-10-21-16(15)5-4-9-19/h12-17H,4-8,10-11H2,1-3H3. The maximum absolute atomic E-state index is 12.6. The van der Waals surface area contributed by atoms with Crippen LogP contribution in [0.2, 0.25) is 0 Å². The molecule has 5 atom stereocenters. The van der Waals surface area contributed by atoms with E-state index < -0.39 is 0 Å². The van der Waals surface area contributed by atoms with Crippen LogP contribution in [-0.4, -0.2) is 24.8 Å². The van der Waals surface area contributed by atoms with Gasteiger partial charge in [0.2, 0.25) is 0 Å². The van der Waals surface area contributed by atoms with Crippen molar-refractivity contribution in [3.05, 3.63) is 0 Å². The molecule has 0 radical (unpaired) electrons. The molecule has 2 rings (SSSR count). The van der Waals surface area contributed by atoms with Gasteiger partial charge >= 0.3 is 5.97 Å². The number of carbonyl (C=O) groups excluding carboxylic acids is 1. The van der Waals surface area contributed by atoms with Gasteiger partial charge in [-0.25, -0.2) is 0 Å². The minimum absolute atomic E-state index is 0.0495. The molecule has 5 unspecified atom stereocenters. The van der Waals surface area contributed by atoms with Gasteiger partial charge < -0.3 is 9.47 Å². The lowest BCUT2D eigenvalue weighted by Gasteiger charge is -2.37. The van der Waals surface area contributed by atoms with Crippen LogP contribution >= 0.6 is 0 Å². The summed E-state index contributed by atoms with van der Waals surface area (Å²) in [6.45, 7) is 7.28. The summed E-state index contributed by atoms with van der Waals surface area (Å²) in [5, 5.41) is 8.72. The fourth-order valence-corrected chi connectivity index (χ4v) is 3.90. The zero-order valence-corrected chi connectivity index (χ0v) is 14.1. The first kappa shape index (κ1) is 17.3. The number of nitriles is 1. The number of nitrogens with zero attached hydrogens (tertiary/aromatic N) is 1. The Labute approximate surface area is 134 Å². The molecular weight excluding hydrogens is 278 g/mol. The second kappa shape index (κ2) is 7.97. The summed E-state index contributed by atoms with van der Waals surface area (Å²) in [5.41, 5.74) is 0. The fourth-order valence-electron chi connectivity index (χ4n) is 3.90. The smallest absolute Gasteiger partial charge is 0.311 e. The number of ether oxygens (including phenoxy) is 2. The maximum Gasteiger partial charge on any atom is 0.311 e. The molecule has 0 aromatic heterocycles. The lowest BCUT2D eigenvalue weighted by molar-refractivity contribution is -0.162. The molecule has 2 aliphatic rings. The molecule has 2 fully saturated rings. The molecule has 0 amide bonds. The highest BCUT2D eigenvalue weighted by molar-refractivity contribution is 5.73. The molecule has 1 aliphatic carbocycles. The van der Waals surface area contributed by atoms with Crippen molar-refractivity contribution in [3.8, 4) is 6.07 Å². The first-order valence-electron chi connectivity index (χ1n) is 8.72. The highest BCUT2D eigenvalue weighted by Crippen LogP contribution is 2.36. The minimum Gasteiger partial charge on any atom is -0.462 e. The van der Waals surface area contributed by atoms with Crippen LogP contribution < -0.4 is 0 Å². The number of carbonyl (C=O) groups is 1. The Bertz CT molecular complexity index is 415. The molecule has 124 valence electrons. The van der Waals surface area contributed by atoms with Gasteiger partial charge in [-0.1, -0.05) is 27.2 Å². The predicted octanol–water partition coefficient (Wildman–Crippen LogP) is 3.70. The molecule has 1 heterocycles. The van der Waals surface area contributed by atoms with E-state index in [1.165, 1.54) is 6.42 Å². The van der Waals surface area contributed by atoms with Crippen molar-refractivity contribution >= 4 is 5.97 Å². The summed E-state index contributed by atoms with van der Waals surface area (Å²) in [7, 11) is 0. The summed E-state index contributed by atoms with van der Waals surface area (Å²) >= 11 is 0. The summed E-state index contributed by atoms with van der Waals surface area (Å²) in [5.74, 6) is 1.35. The molecule has 4 heteroatoms. The average molecular weight is 307 g/mol. The molecule has 1 aliphatic heterocycles. The first-order chi connectivity index (χ1) is 10.5. The molecular formula is C18H29NO3. The summed E-state index contributed by atoms with van der Waals surface area (Å²) in [4.78, 5) is 12.6. The van der Waals surface area contributed by atoms with Crippen LogP contribution in [-0.2, 0) is 14.3 Å². The van der Waals surface area contributed by atoms with Gasteiger partial charge in [0.15, 0.2) is 0 Å². The number of hydrogen-bond donors (Lipinski definition) is 0. The van der Waals surface area contributed by atoms with Crippen molar-refractivity contribution in [1.82, 2.24) is 0 Å². The van der Waals surface area contributed by atoms with Crippen molar-refractivity contribution in [2.75, 3.05) is 6.61 Å². The number of hydrogen-bond acceptors (Lipinski definition) is 4. The van der Waals surface area contributed by atoms with Gasteiger partial charge in [-0.05, 0) is 43.4 Å². The van der Waals surface area contributed by atoms with E-state index in [-0.39, 0.29) is 24.1 Å². The summed E-state index contributed by atoms with van der Waals surface area (Å²) < 4.78 is 11.5. The van der Waals surface area contributed by atoms with Gasteiger partial charge in [0.1, 0.15) is 6.10 Å². The normalized spacial score (nSPS) is 35.3. The number of esters is 1. The van der Waals surface area contributed by atoms with E-state index in [9.17, 15) is 4.79 Å². The van der Waals surface area contributed by atoms with Gasteiger partial charge in [0, 0.05) is 13.0 Å². The molecule has 4 nitrogen and oxygen atoms in total. The van der Waals surface area contributed by atoms with Gasteiger partial charge in [0.05, 0.1) is 18.1 Å². The van der Waals surface area contributed by atoms with Gasteiger partial charge in [-0.15, -0.1) is 0 Å². The molecule has 1 saturated carbocycles. The van der Waals surface area contributed by atoms with Gasteiger partial charge in [-0.2, -0.15) is 5.26 Å². The Morgan fingerprint density at radius 1 is 1.36 bits per heavy atom. The molecule has 1 saturated heterocycles. The lowest BCUT2D eigenvalue weighted by Crippen LogP contribution is -2.38. The highest BCUT2D eigenvalue weighted by Gasteiger charge is 2.39. The SMILES string of the molecule is CC1CCC(C(C)C)C(OC(=O)C2CCOC2CCC#N)C1. The summed E-state index contributed by atoms with van der Waals surface area (Å²) in [6.07, 6.45) is 5.06. The molecule has 0 aromatic carbocycles. The van der Waals surface area contributed by atoms with E-state index in [4.69, 9.17) is 14.7 Å². The van der Waals surface area contributed by atoms with Crippen LogP contribution in [0.5, 0.6) is 0 Å². The van der Waals surface area contributed by atoms with Crippen LogP contribution in [0.1, 0.15) is 59.3 Å². The first-order valence-corrected chi connectivity index (χ1v) is 8.72. The van der Waals surface area contributed by atoms with Crippen LogP contribution in [0.15, 0.2) is 0 Å².